The van der Waals surface area contributed by atoms with E-state index in [9.17, 15) is 22.4 Å². The van der Waals surface area contributed by atoms with E-state index in [0.717, 1.165) is 6.07 Å². The second-order valence-electron chi connectivity index (χ2n) is 3.82. The fourth-order valence-electron chi connectivity index (χ4n) is 1.30. The summed E-state index contributed by atoms with van der Waals surface area (Å²) in [6.45, 7) is -1.32. The lowest BCUT2D eigenvalue weighted by Gasteiger charge is -2.07. The number of hydrogen-bond donors (Lipinski definition) is 1. The first kappa shape index (κ1) is 16.8. The largest absolute Gasteiger partial charge is 0.478 e. The number of aromatic carboxylic acids is 1. The van der Waals surface area contributed by atoms with E-state index in [1.807, 2.05) is 0 Å². The Hall–Kier alpha value is -1.28. The first-order valence-electron chi connectivity index (χ1n) is 5.60. The third kappa shape index (κ3) is 6.25. The molecule has 0 radical (unpaired) electrons. The Morgan fingerprint density at radius 2 is 2.05 bits per heavy atom. The number of halogens is 4. The first-order valence-corrected chi connectivity index (χ1v) is 6.58. The average Bonchev–Trinajstić information content (AvgIpc) is 2.33. The van der Waals surface area contributed by atoms with Crippen molar-refractivity contribution >= 4 is 17.7 Å². The molecule has 0 aromatic heterocycles. The van der Waals surface area contributed by atoms with Crippen molar-refractivity contribution < 1.29 is 32.2 Å². The van der Waals surface area contributed by atoms with Gasteiger partial charge in [0.15, 0.2) is 0 Å². The zero-order chi connectivity index (χ0) is 15.2. The van der Waals surface area contributed by atoms with Crippen LogP contribution >= 0.6 is 11.8 Å². The molecule has 112 valence electrons. The van der Waals surface area contributed by atoms with Gasteiger partial charge in [0.25, 0.3) is 0 Å². The Kier molecular flexibility index (Phi) is 6.28. The predicted molar refractivity (Wildman–Crippen MR) is 65.6 cm³/mol. The molecular weight excluding hydrogens is 300 g/mol. The van der Waals surface area contributed by atoms with E-state index < -0.39 is 30.1 Å². The number of carboxylic acids is 1. The molecule has 0 atom stereocenters. The fraction of sp³-hybridized carbons (Fsp3) is 0.417. The van der Waals surface area contributed by atoms with Crippen molar-refractivity contribution in [3.8, 4) is 0 Å². The highest BCUT2D eigenvalue weighted by Gasteiger charge is 2.27. The molecule has 1 N–H and O–H groups in total. The van der Waals surface area contributed by atoms with Crippen molar-refractivity contribution in [3.63, 3.8) is 0 Å². The van der Waals surface area contributed by atoms with Crippen molar-refractivity contribution in [3.05, 3.63) is 29.6 Å². The highest BCUT2D eigenvalue weighted by Crippen LogP contribution is 2.22. The van der Waals surface area contributed by atoms with Gasteiger partial charge in [0.1, 0.15) is 12.4 Å². The smallest absolute Gasteiger partial charge is 0.411 e. The molecule has 20 heavy (non-hydrogen) atoms. The molecule has 8 heteroatoms. The molecule has 0 fully saturated rings. The maximum absolute atomic E-state index is 13.1. The summed E-state index contributed by atoms with van der Waals surface area (Å²) in [7, 11) is 0. The van der Waals surface area contributed by atoms with Crippen LogP contribution in [0.4, 0.5) is 17.6 Å². The zero-order valence-corrected chi connectivity index (χ0v) is 11.1. The summed E-state index contributed by atoms with van der Waals surface area (Å²) in [4.78, 5) is 11.2. The summed E-state index contributed by atoms with van der Waals surface area (Å²) in [6.07, 6.45) is -3.96. The summed E-state index contributed by atoms with van der Waals surface area (Å²) in [5.41, 5.74) is -0.427. The lowest BCUT2D eigenvalue weighted by atomic mass is 10.2. The SMILES string of the molecule is O=C(O)c1cc(SCCCOCC(F)(F)F)ccc1F. The third-order valence-electron chi connectivity index (χ3n) is 2.14. The maximum Gasteiger partial charge on any atom is 0.411 e. The van der Waals surface area contributed by atoms with E-state index in [0.29, 0.717) is 17.1 Å². The number of carboxylic acid groups (broad SMARTS) is 1. The van der Waals surface area contributed by atoms with Gasteiger partial charge < -0.3 is 9.84 Å². The molecule has 0 saturated carbocycles. The van der Waals surface area contributed by atoms with Crippen LogP contribution < -0.4 is 0 Å². The molecule has 0 aliphatic heterocycles. The average molecular weight is 312 g/mol. The van der Waals surface area contributed by atoms with Crippen molar-refractivity contribution in [2.24, 2.45) is 0 Å². The molecule has 1 aromatic carbocycles. The molecule has 0 saturated heterocycles. The van der Waals surface area contributed by atoms with Crippen molar-refractivity contribution in [2.75, 3.05) is 19.0 Å². The van der Waals surface area contributed by atoms with E-state index in [1.54, 1.807) is 0 Å². The van der Waals surface area contributed by atoms with Gasteiger partial charge in [0.2, 0.25) is 0 Å². The van der Waals surface area contributed by atoms with Crippen LogP contribution in [0.3, 0.4) is 0 Å². The van der Waals surface area contributed by atoms with E-state index >= 15 is 0 Å². The lowest BCUT2D eigenvalue weighted by Crippen LogP contribution is -2.17. The van der Waals surface area contributed by atoms with Gasteiger partial charge >= 0.3 is 12.1 Å². The minimum Gasteiger partial charge on any atom is -0.478 e. The van der Waals surface area contributed by atoms with E-state index in [1.165, 1.54) is 23.9 Å². The van der Waals surface area contributed by atoms with E-state index in [4.69, 9.17) is 5.11 Å². The van der Waals surface area contributed by atoms with E-state index in [2.05, 4.69) is 4.74 Å². The molecule has 0 spiro atoms. The van der Waals surface area contributed by atoms with Gasteiger partial charge in [-0.3, -0.25) is 0 Å². The minimum absolute atomic E-state index is 0.0422. The molecule has 0 unspecified atom stereocenters. The van der Waals surface area contributed by atoms with Gasteiger partial charge in [-0.1, -0.05) is 0 Å². The number of rotatable bonds is 7. The molecular formula is C12H12F4O3S. The first-order chi connectivity index (χ1) is 9.29. The molecule has 1 aromatic rings. The topological polar surface area (TPSA) is 46.5 Å². The number of carbonyl (C=O) groups is 1. The lowest BCUT2D eigenvalue weighted by molar-refractivity contribution is -0.173. The Bertz CT molecular complexity index is 463. The summed E-state index contributed by atoms with van der Waals surface area (Å²) in [5, 5.41) is 8.73. The van der Waals surface area contributed by atoms with Crippen LogP contribution in [0.1, 0.15) is 16.8 Å². The molecule has 0 heterocycles. The van der Waals surface area contributed by atoms with Crippen molar-refractivity contribution in [1.82, 2.24) is 0 Å². The van der Waals surface area contributed by atoms with Crippen LogP contribution in [0, 0.1) is 5.82 Å². The van der Waals surface area contributed by atoms with Crippen LogP contribution in [0.5, 0.6) is 0 Å². The van der Waals surface area contributed by atoms with Gasteiger partial charge in [-0.05, 0) is 24.6 Å². The molecule has 1 rings (SSSR count). The molecule has 0 aliphatic rings. The Balaban J connectivity index is 2.32. The van der Waals surface area contributed by atoms with Crippen LogP contribution in [0.2, 0.25) is 0 Å². The third-order valence-corrected chi connectivity index (χ3v) is 3.22. The zero-order valence-electron chi connectivity index (χ0n) is 10.2. The summed E-state index contributed by atoms with van der Waals surface area (Å²) in [5.74, 6) is -1.74. The van der Waals surface area contributed by atoms with Crippen LogP contribution in [0.25, 0.3) is 0 Å². The standard InChI is InChI=1S/C12H12F4O3S/c13-10-3-2-8(6-9(10)11(17)18)20-5-1-4-19-7-12(14,15)16/h2-3,6H,1,4-5,7H2,(H,17,18). The Labute approximate surface area is 116 Å². The second kappa shape index (κ2) is 7.49. The maximum atomic E-state index is 13.1. The van der Waals surface area contributed by atoms with Gasteiger partial charge in [-0.25, -0.2) is 9.18 Å². The Morgan fingerprint density at radius 1 is 1.35 bits per heavy atom. The summed E-state index contributed by atoms with van der Waals surface area (Å²) >= 11 is 1.23. The summed E-state index contributed by atoms with van der Waals surface area (Å²) in [6, 6.07) is 3.66. The molecule has 0 aliphatic carbocycles. The van der Waals surface area contributed by atoms with Crippen LogP contribution in [-0.4, -0.2) is 36.2 Å². The quantitative estimate of drug-likeness (QED) is 0.475. The number of thioether (sulfide) groups is 1. The van der Waals surface area contributed by atoms with Gasteiger partial charge in [-0.15, -0.1) is 11.8 Å². The minimum atomic E-state index is -4.33. The number of hydrogen-bond acceptors (Lipinski definition) is 3. The highest BCUT2D eigenvalue weighted by atomic mass is 32.2. The van der Waals surface area contributed by atoms with Gasteiger partial charge in [-0.2, -0.15) is 13.2 Å². The number of benzene rings is 1. The van der Waals surface area contributed by atoms with Crippen LogP contribution in [-0.2, 0) is 4.74 Å². The fourth-order valence-corrected chi connectivity index (χ4v) is 2.16. The van der Waals surface area contributed by atoms with Crippen LogP contribution in [0.15, 0.2) is 23.1 Å². The number of ether oxygens (including phenoxy) is 1. The monoisotopic (exact) mass is 312 g/mol. The van der Waals surface area contributed by atoms with Gasteiger partial charge in [0.05, 0.1) is 5.56 Å². The van der Waals surface area contributed by atoms with Crippen molar-refractivity contribution in [2.45, 2.75) is 17.5 Å². The highest BCUT2D eigenvalue weighted by molar-refractivity contribution is 7.99. The normalized spacial score (nSPS) is 11.6. The molecule has 3 nitrogen and oxygen atoms in total. The second-order valence-corrected chi connectivity index (χ2v) is 4.98. The Morgan fingerprint density at radius 3 is 2.65 bits per heavy atom. The number of alkyl halides is 3. The summed E-state index contributed by atoms with van der Waals surface area (Å²) < 4.78 is 52.8. The van der Waals surface area contributed by atoms with Crippen molar-refractivity contribution in [1.29, 1.82) is 0 Å². The molecule has 0 amide bonds. The van der Waals surface area contributed by atoms with Gasteiger partial charge in [0, 0.05) is 17.3 Å². The van der Waals surface area contributed by atoms with E-state index in [-0.39, 0.29) is 6.61 Å². The molecule has 0 bridgehead atoms. The predicted octanol–water partition coefficient (Wildman–Crippen LogP) is 3.59.